The molecule has 23 heavy (non-hydrogen) atoms. The molecule has 2 amide bonds. The van der Waals surface area contributed by atoms with E-state index in [1.807, 2.05) is 18.3 Å². The van der Waals surface area contributed by atoms with Crippen molar-refractivity contribution in [2.45, 2.75) is 18.8 Å². The van der Waals surface area contributed by atoms with Crippen molar-refractivity contribution in [1.29, 1.82) is 0 Å². The van der Waals surface area contributed by atoms with Crippen molar-refractivity contribution in [3.8, 4) is 0 Å². The Bertz CT molecular complexity index is 609. The molecule has 2 aliphatic carbocycles. The molecule has 0 bridgehead atoms. The number of amides is 2. The fourth-order valence-electron chi connectivity index (χ4n) is 4.18. The summed E-state index contributed by atoms with van der Waals surface area (Å²) in [5.41, 5.74) is 1.15. The number of pyridine rings is 1. The largest absolute Gasteiger partial charge is 0.465 e. The fourth-order valence-corrected chi connectivity index (χ4v) is 4.18. The number of carbonyl (C=O) groups excluding carboxylic acids is 1. The Morgan fingerprint density at radius 1 is 1.35 bits per heavy atom. The number of hydrogen-bond acceptors (Lipinski definition) is 3. The molecule has 4 atom stereocenters. The van der Waals surface area contributed by atoms with Crippen LogP contribution in [-0.2, 0) is 4.79 Å². The normalized spacial score (nSPS) is 33.9. The number of piperidine rings is 1. The van der Waals surface area contributed by atoms with Crippen molar-refractivity contribution in [3.63, 3.8) is 0 Å². The summed E-state index contributed by atoms with van der Waals surface area (Å²) in [6.45, 7) is 2.05. The number of nitrogens with one attached hydrogen (secondary N) is 1. The summed E-state index contributed by atoms with van der Waals surface area (Å²) in [6.07, 6.45) is 4.68. The Hall–Kier alpha value is -2.11. The van der Waals surface area contributed by atoms with Gasteiger partial charge in [-0.15, -0.1) is 0 Å². The van der Waals surface area contributed by atoms with E-state index in [4.69, 9.17) is 5.11 Å². The Morgan fingerprint density at radius 2 is 2.13 bits per heavy atom. The maximum Gasteiger partial charge on any atom is 0.407 e. The predicted molar refractivity (Wildman–Crippen MR) is 82.8 cm³/mol. The third-order valence-electron chi connectivity index (χ3n) is 5.66. The molecule has 2 heterocycles. The van der Waals surface area contributed by atoms with Crippen molar-refractivity contribution in [1.82, 2.24) is 15.2 Å². The van der Waals surface area contributed by atoms with Gasteiger partial charge >= 0.3 is 6.09 Å². The summed E-state index contributed by atoms with van der Waals surface area (Å²) in [5.74, 6) is 2.21. The standard InChI is InChI=1S/C17H21N3O3/c21-16(13-6-12(13)10-2-1-4-18-7-10)19-5-3-11-14-8-20(17(22)23)9-15(11)14/h1-2,4,7,11-15H,3,5-6,8-9H2,(H,19,21)(H,22,23). The molecule has 6 heteroatoms. The van der Waals surface area contributed by atoms with E-state index in [0.717, 1.165) is 18.4 Å². The summed E-state index contributed by atoms with van der Waals surface area (Å²) in [6, 6.07) is 3.94. The lowest BCUT2D eigenvalue weighted by molar-refractivity contribution is -0.122. The lowest BCUT2D eigenvalue weighted by atomic mass is 10.1. The van der Waals surface area contributed by atoms with E-state index in [2.05, 4.69) is 10.3 Å². The van der Waals surface area contributed by atoms with Gasteiger partial charge < -0.3 is 15.3 Å². The number of aromatic nitrogens is 1. The van der Waals surface area contributed by atoms with Crippen LogP contribution in [0, 0.1) is 23.7 Å². The lowest BCUT2D eigenvalue weighted by Gasteiger charge is -2.15. The van der Waals surface area contributed by atoms with Crippen molar-refractivity contribution in [2.24, 2.45) is 23.7 Å². The van der Waals surface area contributed by atoms with Crippen LogP contribution in [0.1, 0.15) is 24.3 Å². The highest BCUT2D eigenvalue weighted by Gasteiger charge is 2.56. The van der Waals surface area contributed by atoms with Gasteiger partial charge in [-0.25, -0.2) is 4.79 Å². The van der Waals surface area contributed by atoms with E-state index in [1.165, 1.54) is 4.90 Å². The minimum Gasteiger partial charge on any atom is -0.465 e. The highest BCUT2D eigenvalue weighted by Crippen LogP contribution is 2.53. The molecule has 0 radical (unpaired) electrons. The first-order valence-electron chi connectivity index (χ1n) is 8.30. The Morgan fingerprint density at radius 3 is 2.78 bits per heavy atom. The van der Waals surface area contributed by atoms with Gasteiger partial charge in [-0.3, -0.25) is 9.78 Å². The second kappa shape index (κ2) is 5.51. The second-order valence-corrected chi connectivity index (χ2v) is 6.99. The molecule has 3 aliphatic rings. The van der Waals surface area contributed by atoms with Crippen molar-refractivity contribution >= 4 is 12.0 Å². The summed E-state index contributed by atoms with van der Waals surface area (Å²) in [4.78, 5) is 28.6. The van der Waals surface area contributed by atoms with E-state index >= 15 is 0 Å². The maximum absolute atomic E-state index is 12.2. The molecule has 2 N–H and O–H groups in total. The Kier molecular flexibility index (Phi) is 3.47. The fraction of sp³-hybridized carbons (Fsp3) is 0.588. The molecule has 1 saturated heterocycles. The van der Waals surface area contributed by atoms with Gasteiger partial charge in [0.2, 0.25) is 5.91 Å². The third kappa shape index (κ3) is 2.78. The van der Waals surface area contributed by atoms with E-state index in [-0.39, 0.29) is 11.8 Å². The molecule has 4 unspecified atom stereocenters. The third-order valence-corrected chi connectivity index (χ3v) is 5.66. The van der Waals surface area contributed by atoms with Crippen LogP contribution in [0.5, 0.6) is 0 Å². The zero-order valence-corrected chi connectivity index (χ0v) is 12.9. The first-order valence-corrected chi connectivity index (χ1v) is 8.30. The zero-order valence-electron chi connectivity index (χ0n) is 12.9. The number of carboxylic acid groups (broad SMARTS) is 1. The molecule has 1 aliphatic heterocycles. The molecule has 0 spiro atoms. The van der Waals surface area contributed by atoms with E-state index in [1.54, 1.807) is 6.20 Å². The molecular formula is C17H21N3O3. The topological polar surface area (TPSA) is 82.5 Å². The van der Waals surface area contributed by atoms with Gasteiger partial charge in [-0.05, 0) is 48.1 Å². The van der Waals surface area contributed by atoms with Gasteiger partial charge in [0.05, 0.1) is 0 Å². The van der Waals surface area contributed by atoms with Crippen LogP contribution in [0.4, 0.5) is 4.79 Å². The predicted octanol–water partition coefficient (Wildman–Crippen LogP) is 1.55. The summed E-state index contributed by atoms with van der Waals surface area (Å²) in [7, 11) is 0. The maximum atomic E-state index is 12.2. The van der Waals surface area contributed by atoms with E-state index in [9.17, 15) is 9.59 Å². The highest BCUT2D eigenvalue weighted by atomic mass is 16.4. The van der Waals surface area contributed by atoms with Crippen LogP contribution in [0.25, 0.3) is 0 Å². The number of likely N-dealkylation sites (tertiary alicyclic amines) is 1. The number of fused-ring (bicyclic) bond motifs is 1. The van der Waals surface area contributed by atoms with E-state index < -0.39 is 6.09 Å². The van der Waals surface area contributed by atoms with Crippen LogP contribution >= 0.6 is 0 Å². The van der Waals surface area contributed by atoms with Gasteiger partial charge in [-0.1, -0.05) is 6.07 Å². The molecule has 6 nitrogen and oxygen atoms in total. The molecular weight excluding hydrogens is 294 g/mol. The second-order valence-electron chi connectivity index (χ2n) is 6.99. The molecule has 4 rings (SSSR count). The zero-order chi connectivity index (χ0) is 16.0. The molecule has 2 saturated carbocycles. The first-order chi connectivity index (χ1) is 11.1. The average Bonchev–Trinajstić information content (AvgIpc) is 3.43. The van der Waals surface area contributed by atoms with E-state index in [0.29, 0.717) is 43.3 Å². The quantitative estimate of drug-likeness (QED) is 0.863. The molecule has 3 fully saturated rings. The van der Waals surface area contributed by atoms with Crippen LogP contribution in [0.3, 0.4) is 0 Å². The Balaban J connectivity index is 1.17. The molecule has 122 valence electrons. The van der Waals surface area contributed by atoms with Crippen LogP contribution in [0.15, 0.2) is 24.5 Å². The summed E-state index contributed by atoms with van der Waals surface area (Å²) >= 11 is 0. The number of rotatable bonds is 5. The van der Waals surface area contributed by atoms with Gasteiger partial charge in [0.1, 0.15) is 0 Å². The van der Waals surface area contributed by atoms with Crippen molar-refractivity contribution in [2.75, 3.05) is 19.6 Å². The van der Waals surface area contributed by atoms with Crippen LogP contribution in [0.2, 0.25) is 0 Å². The van der Waals surface area contributed by atoms with Crippen molar-refractivity contribution in [3.05, 3.63) is 30.1 Å². The van der Waals surface area contributed by atoms with Crippen LogP contribution < -0.4 is 5.32 Å². The number of carbonyl (C=O) groups is 2. The summed E-state index contributed by atoms with van der Waals surface area (Å²) in [5, 5.41) is 12.0. The van der Waals surface area contributed by atoms with Crippen LogP contribution in [-0.4, -0.2) is 46.6 Å². The monoisotopic (exact) mass is 315 g/mol. The lowest BCUT2D eigenvalue weighted by Crippen LogP contribution is -2.31. The average molecular weight is 315 g/mol. The molecule has 0 aromatic carbocycles. The van der Waals surface area contributed by atoms with Gasteiger partial charge in [0.15, 0.2) is 0 Å². The molecule has 1 aromatic rings. The number of hydrogen-bond donors (Lipinski definition) is 2. The summed E-state index contributed by atoms with van der Waals surface area (Å²) < 4.78 is 0. The first kappa shape index (κ1) is 14.5. The van der Waals surface area contributed by atoms with Gasteiger partial charge in [-0.2, -0.15) is 0 Å². The van der Waals surface area contributed by atoms with Gasteiger partial charge in [0.25, 0.3) is 0 Å². The van der Waals surface area contributed by atoms with Gasteiger partial charge in [0, 0.05) is 37.9 Å². The minimum atomic E-state index is -0.806. The number of nitrogens with zero attached hydrogens (tertiary/aromatic N) is 2. The Labute approximate surface area is 134 Å². The molecule has 1 aromatic heterocycles. The smallest absolute Gasteiger partial charge is 0.407 e. The SMILES string of the molecule is O=C(NCCC1C2CN(C(=O)O)CC12)C1CC1c1cccnc1. The minimum absolute atomic E-state index is 0.0976. The highest BCUT2D eigenvalue weighted by molar-refractivity contribution is 5.82. The van der Waals surface area contributed by atoms with Crippen molar-refractivity contribution < 1.29 is 14.7 Å².